The molecule has 112 valence electrons. The van der Waals surface area contributed by atoms with E-state index in [1.165, 1.54) is 0 Å². The fourth-order valence-electron chi connectivity index (χ4n) is 2.58. The molecule has 1 saturated heterocycles. The zero-order valence-corrected chi connectivity index (χ0v) is 13.0. The zero-order chi connectivity index (χ0) is 15.2. The van der Waals surface area contributed by atoms with Gasteiger partial charge in [-0.2, -0.15) is 0 Å². The third kappa shape index (κ3) is 4.13. The molecule has 0 radical (unpaired) electrons. The van der Waals surface area contributed by atoms with Gasteiger partial charge in [-0.05, 0) is 56.3 Å². The molecule has 0 saturated carbocycles. The first-order valence-corrected chi connectivity index (χ1v) is 7.82. The van der Waals surface area contributed by atoms with Gasteiger partial charge in [-0.15, -0.1) is 0 Å². The molecule has 2 nitrogen and oxygen atoms in total. The van der Waals surface area contributed by atoms with Crippen molar-refractivity contribution in [1.29, 1.82) is 0 Å². The van der Waals surface area contributed by atoms with Crippen LogP contribution in [-0.2, 0) is 0 Å². The van der Waals surface area contributed by atoms with Gasteiger partial charge in [0.1, 0.15) is 11.9 Å². The minimum Gasteiger partial charge on any atom is -0.490 e. The fourth-order valence-corrected chi connectivity index (χ4v) is 2.58. The van der Waals surface area contributed by atoms with Crippen molar-refractivity contribution >= 4 is 0 Å². The Balaban J connectivity index is 1.60. The van der Waals surface area contributed by atoms with Crippen LogP contribution in [0.15, 0.2) is 54.6 Å². The Labute approximate surface area is 132 Å². The highest BCUT2D eigenvalue weighted by Gasteiger charge is 2.17. The summed E-state index contributed by atoms with van der Waals surface area (Å²) in [6, 6.07) is 18.1. The molecule has 1 aliphatic rings. The van der Waals surface area contributed by atoms with E-state index in [0.717, 1.165) is 42.8 Å². The average Bonchev–Trinajstić information content (AvgIpc) is 2.57. The Kier molecular flexibility index (Phi) is 4.78. The summed E-state index contributed by atoms with van der Waals surface area (Å²) in [4.78, 5) is 2.35. The van der Waals surface area contributed by atoms with Crippen LogP contribution >= 0.6 is 0 Å². The van der Waals surface area contributed by atoms with E-state index in [2.05, 4.69) is 23.8 Å². The van der Waals surface area contributed by atoms with Crippen LogP contribution in [0.4, 0.5) is 0 Å². The second-order valence-corrected chi connectivity index (χ2v) is 5.76. The lowest BCUT2D eigenvalue weighted by Gasteiger charge is -2.29. The van der Waals surface area contributed by atoms with Gasteiger partial charge in [0.2, 0.25) is 0 Å². The maximum atomic E-state index is 6.05. The number of benzene rings is 2. The smallest absolute Gasteiger partial charge is 0.119 e. The van der Waals surface area contributed by atoms with Crippen molar-refractivity contribution in [3.8, 4) is 17.6 Å². The minimum atomic E-state index is 0.345. The van der Waals surface area contributed by atoms with E-state index in [1.54, 1.807) is 0 Å². The highest BCUT2D eigenvalue weighted by atomic mass is 16.5. The molecule has 0 aromatic heterocycles. The first-order chi connectivity index (χ1) is 10.8. The summed E-state index contributed by atoms with van der Waals surface area (Å²) in [6.07, 6.45) is 2.55. The molecule has 0 unspecified atom stereocenters. The second kappa shape index (κ2) is 7.15. The van der Waals surface area contributed by atoms with Gasteiger partial charge < -0.3 is 9.64 Å². The molecule has 0 N–H and O–H groups in total. The van der Waals surface area contributed by atoms with E-state index in [4.69, 9.17) is 4.74 Å². The Morgan fingerprint density at radius 2 is 1.45 bits per heavy atom. The van der Waals surface area contributed by atoms with Crippen molar-refractivity contribution < 1.29 is 4.74 Å². The van der Waals surface area contributed by atoms with Crippen LogP contribution < -0.4 is 4.74 Å². The number of likely N-dealkylation sites (tertiary alicyclic amines) is 1. The van der Waals surface area contributed by atoms with Crippen molar-refractivity contribution in [1.82, 2.24) is 4.90 Å². The molecule has 0 bridgehead atoms. The lowest BCUT2D eigenvalue weighted by Crippen LogP contribution is -2.35. The van der Waals surface area contributed by atoms with Crippen LogP contribution in [0.2, 0.25) is 0 Å². The van der Waals surface area contributed by atoms with Gasteiger partial charge in [0.25, 0.3) is 0 Å². The lowest BCUT2D eigenvalue weighted by atomic mass is 10.1. The molecule has 0 amide bonds. The van der Waals surface area contributed by atoms with Crippen molar-refractivity contribution in [2.75, 3.05) is 20.1 Å². The number of piperidine rings is 1. The monoisotopic (exact) mass is 291 g/mol. The molecule has 2 aromatic rings. The van der Waals surface area contributed by atoms with Crippen LogP contribution in [0.3, 0.4) is 0 Å². The SMILES string of the molecule is CN1CCC(Oc2ccc(C#Cc3ccccc3)cc2)CC1. The Hall–Kier alpha value is -2.24. The van der Waals surface area contributed by atoms with E-state index in [-0.39, 0.29) is 0 Å². The van der Waals surface area contributed by atoms with Gasteiger partial charge in [0, 0.05) is 24.2 Å². The first kappa shape index (κ1) is 14.7. The topological polar surface area (TPSA) is 12.5 Å². The number of nitrogens with zero attached hydrogens (tertiary/aromatic N) is 1. The molecular weight excluding hydrogens is 270 g/mol. The standard InChI is InChI=1S/C20H21NO/c1-21-15-13-20(14-16-21)22-19-11-9-18(10-12-19)8-7-17-5-3-2-4-6-17/h2-6,9-12,20H,13-16H2,1H3. The van der Waals surface area contributed by atoms with Gasteiger partial charge in [-0.1, -0.05) is 30.0 Å². The molecule has 1 heterocycles. The number of ether oxygens (including phenoxy) is 1. The van der Waals surface area contributed by atoms with Crippen molar-refractivity contribution in [2.45, 2.75) is 18.9 Å². The van der Waals surface area contributed by atoms with Crippen molar-refractivity contribution in [2.24, 2.45) is 0 Å². The Bertz CT molecular complexity index is 644. The molecule has 2 aromatic carbocycles. The minimum absolute atomic E-state index is 0.345. The predicted molar refractivity (Wildman–Crippen MR) is 90.0 cm³/mol. The highest BCUT2D eigenvalue weighted by molar-refractivity contribution is 5.44. The summed E-state index contributed by atoms with van der Waals surface area (Å²) in [7, 11) is 2.16. The van der Waals surface area contributed by atoms with Crippen LogP contribution in [0.5, 0.6) is 5.75 Å². The Morgan fingerprint density at radius 1 is 0.864 bits per heavy atom. The summed E-state index contributed by atoms with van der Waals surface area (Å²) >= 11 is 0. The maximum absolute atomic E-state index is 6.05. The summed E-state index contributed by atoms with van der Waals surface area (Å²) < 4.78 is 6.05. The quantitative estimate of drug-likeness (QED) is 0.785. The predicted octanol–water partition coefficient (Wildman–Crippen LogP) is 3.56. The number of rotatable bonds is 2. The number of hydrogen-bond donors (Lipinski definition) is 0. The van der Waals surface area contributed by atoms with Gasteiger partial charge >= 0.3 is 0 Å². The van der Waals surface area contributed by atoms with Gasteiger partial charge in [-0.3, -0.25) is 0 Å². The normalized spacial score (nSPS) is 15.9. The molecular formula is C20H21NO. The number of hydrogen-bond acceptors (Lipinski definition) is 2. The molecule has 0 spiro atoms. The van der Waals surface area contributed by atoms with Gasteiger partial charge in [0.05, 0.1) is 0 Å². The zero-order valence-electron chi connectivity index (χ0n) is 13.0. The van der Waals surface area contributed by atoms with E-state index in [1.807, 2.05) is 54.6 Å². The summed E-state index contributed by atoms with van der Waals surface area (Å²) in [5, 5.41) is 0. The third-order valence-corrected chi connectivity index (χ3v) is 3.95. The molecule has 1 aliphatic heterocycles. The highest BCUT2D eigenvalue weighted by Crippen LogP contribution is 2.18. The molecule has 3 rings (SSSR count). The van der Waals surface area contributed by atoms with Crippen LogP contribution in [0.25, 0.3) is 0 Å². The largest absolute Gasteiger partial charge is 0.490 e. The van der Waals surface area contributed by atoms with Crippen LogP contribution in [0.1, 0.15) is 24.0 Å². The molecule has 0 aliphatic carbocycles. The lowest BCUT2D eigenvalue weighted by molar-refractivity contribution is 0.114. The fraction of sp³-hybridized carbons (Fsp3) is 0.300. The van der Waals surface area contributed by atoms with Crippen LogP contribution in [-0.4, -0.2) is 31.1 Å². The van der Waals surface area contributed by atoms with E-state index in [9.17, 15) is 0 Å². The van der Waals surface area contributed by atoms with Crippen molar-refractivity contribution in [3.05, 3.63) is 65.7 Å². The van der Waals surface area contributed by atoms with E-state index >= 15 is 0 Å². The van der Waals surface area contributed by atoms with Gasteiger partial charge in [0.15, 0.2) is 0 Å². The molecule has 1 fully saturated rings. The first-order valence-electron chi connectivity index (χ1n) is 7.82. The van der Waals surface area contributed by atoms with Crippen molar-refractivity contribution in [3.63, 3.8) is 0 Å². The maximum Gasteiger partial charge on any atom is 0.119 e. The Morgan fingerprint density at radius 3 is 2.09 bits per heavy atom. The second-order valence-electron chi connectivity index (χ2n) is 5.76. The van der Waals surface area contributed by atoms with Gasteiger partial charge in [-0.25, -0.2) is 0 Å². The summed E-state index contributed by atoms with van der Waals surface area (Å²) in [5.41, 5.74) is 2.05. The molecule has 22 heavy (non-hydrogen) atoms. The average molecular weight is 291 g/mol. The molecule has 2 heteroatoms. The third-order valence-electron chi connectivity index (χ3n) is 3.95. The molecule has 0 atom stereocenters. The van der Waals surface area contributed by atoms with E-state index in [0.29, 0.717) is 6.10 Å². The summed E-state index contributed by atoms with van der Waals surface area (Å²) in [5.74, 6) is 7.30. The summed E-state index contributed by atoms with van der Waals surface area (Å²) in [6.45, 7) is 2.23. The van der Waals surface area contributed by atoms with Crippen LogP contribution in [0, 0.1) is 11.8 Å². The van der Waals surface area contributed by atoms with E-state index < -0.39 is 0 Å².